The van der Waals surface area contributed by atoms with Gasteiger partial charge in [-0.3, -0.25) is 9.10 Å². The van der Waals surface area contributed by atoms with Crippen LogP contribution in [0.25, 0.3) is 0 Å². The van der Waals surface area contributed by atoms with Crippen LogP contribution in [0.15, 0.2) is 108 Å². The number of carbonyl (C=O) groups is 1. The molecule has 0 bridgehead atoms. The fourth-order valence-corrected chi connectivity index (χ4v) is 6.34. The third kappa shape index (κ3) is 5.69. The van der Waals surface area contributed by atoms with Crippen LogP contribution < -0.4 is 9.04 Å². The Balaban J connectivity index is 1.29. The number of rotatable bonds is 9. The summed E-state index contributed by atoms with van der Waals surface area (Å²) in [7, 11) is -3.79. The van der Waals surface area contributed by atoms with Crippen molar-refractivity contribution in [1.82, 2.24) is 4.90 Å². The second-order valence-electron chi connectivity index (χ2n) is 9.06. The van der Waals surface area contributed by atoms with Crippen molar-refractivity contribution in [3.8, 4) is 5.75 Å². The van der Waals surface area contributed by atoms with Gasteiger partial charge in [0, 0.05) is 19.6 Å². The first-order valence-electron chi connectivity index (χ1n) is 12.3. The molecule has 38 heavy (non-hydrogen) atoms. The number of amides is 1. The number of hydrogen-bond acceptors (Lipinski definition) is 4. The maximum Gasteiger partial charge on any atom is 0.264 e. The Morgan fingerprint density at radius 1 is 0.842 bits per heavy atom. The fourth-order valence-electron chi connectivity index (χ4n) is 4.51. The summed E-state index contributed by atoms with van der Waals surface area (Å²) < 4.78 is 33.8. The van der Waals surface area contributed by atoms with Gasteiger partial charge in [0.15, 0.2) is 6.61 Å². The summed E-state index contributed by atoms with van der Waals surface area (Å²) in [6.45, 7) is 1.01. The molecule has 1 aliphatic rings. The van der Waals surface area contributed by atoms with Crippen molar-refractivity contribution >= 4 is 33.2 Å². The highest BCUT2D eigenvalue weighted by atomic mass is 35.5. The molecule has 4 aromatic rings. The lowest BCUT2D eigenvalue weighted by atomic mass is 10.1. The number of hydrogen-bond donors (Lipinski definition) is 0. The molecule has 0 N–H and O–H groups in total. The van der Waals surface area contributed by atoms with Gasteiger partial charge < -0.3 is 9.64 Å². The fraction of sp³-hybridized carbons (Fsp3) is 0.167. The lowest BCUT2D eigenvalue weighted by Crippen LogP contribution is -2.34. The van der Waals surface area contributed by atoms with Gasteiger partial charge in [0.1, 0.15) is 5.75 Å². The van der Waals surface area contributed by atoms with E-state index in [1.807, 2.05) is 78.9 Å². The third-order valence-corrected chi connectivity index (χ3v) is 8.58. The molecule has 0 fully saturated rings. The van der Waals surface area contributed by atoms with Gasteiger partial charge in [-0.15, -0.1) is 0 Å². The lowest BCUT2D eigenvalue weighted by molar-refractivity contribution is -0.134. The minimum atomic E-state index is -3.79. The van der Waals surface area contributed by atoms with Gasteiger partial charge in [0.25, 0.3) is 15.9 Å². The summed E-state index contributed by atoms with van der Waals surface area (Å²) in [5.41, 5.74) is 3.70. The number of anilines is 1. The topological polar surface area (TPSA) is 66.9 Å². The Hall–Kier alpha value is -3.81. The smallest absolute Gasteiger partial charge is 0.264 e. The van der Waals surface area contributed by atoms with E-state index >= 15 is 0 Å². The molecule has 0 atom stereocenters. The average molecular weight is 547 g/mol. The number of para-hydroxylation sites is 1. The van der Waals surface area contributed by atoms with Gasteiger partial charge in [0.05, 0.1) is 15.6 Å². The zero-order valence-corrected chi connectivity index (χ0v) is 22.2. The molecule has 0 aliphatic carbocycles. The molecule has 1 aliphatic heterocycles. The van der Waals surface area contributed by atoms with E-state index in [0.717, 1.165) is 16.7 Å². The highest BCUT2D eigenvalue weighted by Crippen LogP contribution is 2.35. The summed E-state index contributed by atoms with van der Waals surface area (Å²) in [6, 6.07) is 31.3. The molecular formula is C30H27ClN2O4S. The Bertz CT molecular complexity index is 1490. The van der Waals surface area contributed by atoms with Gasteiger partial charge in [-0.25, -0.2) is 8.42 Å². The van der Waals surface area contributed by atoms with Crippen LogP contribution in [0.1, 0.15) is 16.7 Å². The van der Waals surface area contributed by atoms with E-state index in [0.29, 0.717) is 31.7 Å². The zero-order valence-electron chi connectivity index (χ0n) is 20.7. The number of fused-ring (bicyclic) bond motifs is 1. The zero-order chi connectivity index (χ0) is 26.5. The lowest BCUT2D eigenvalue weighted by Gasteiger charge is -2.23. The summed E-state index contributed by atoms with van der Waals surface area (Å²) in [5, 5.41) is 0.129. The van der Waals surface area contributed by atoms with Crippen molar-refractivity contribution < 1.29 is 17.9 Å². The molecule has 8 heteroatoms. The molecule has 194 valence electrons. The van der Waals surface area contributed by atoms with Crippen molar-refractivity contribution in [2.24, 2.45) is 0 Å². The molecule has 1 amide bonds. The molecule has 5 rings (SSSR count). The molecule has 0 aromatic heterocycles. The minimum absolute atomic E-state index is 0.0765. The first-order chi connectivity index (χ1) is 18.4. The van der Waals surface area contributed by atoms with E-state index in [2.05, 4.69) is 0 Å². The Labute approximate surface area is 228 Å². The van der Waals surface area contributed by atoms with Crippen LogP contribution in [0, 0.1) is 0 Å². The van der Waals surface area contributed by atoms with Crippen LogP contribution in [-0.2, 0) is 34.3 Å². The highest BCUT2D eigenvalue weighted by Gasteiger charge is 2.31. The van der Waals surface area contributed by atoms with Gasteiger partial charge in [-0.1, -0.05) is 90.5 Å². The predicted octanol–water partition coefficient (Wildman–Crippen LogP) is 5.70. The summed E-state index contributed by atoms with van der Waals surface area (Å²) in [4.78, 5) is 15.0. The van der Waals surface area contributed by atoms with Crippen molar-refractivity contribution in [3.63, 3.8) is 0 Å². The number of ether oxygens (including phenoxy) is 1. The molecule has 0 saturated heterocycles. The van der Waals surface area contributed by atoms with E-state index in [9.17, 15) is 13.2 Å². The Kier molecular flexibility index (Phi) is 7.67. The first kappa shape index (κ1) is 25.8. The first-order valence-corrected chi connectivity index (χ1v) is 14.1. The van der Waals surface area contributed by atoms with Crippen molar-refractivity contribution in [1.29, 1.82) is 0 Å². The van der Waals surface area contributed by atoms with Gasteiger partial charge in [-0.2, -0.15) is 0 Å². The molecule has 0 spiro atoms. The molecule has 0 radical (unpaired) electrons. The Morgan fingerprint density at radius 2 is 1.45 bits per heavy atom. The van der Waals surface area contributed by atoms with Crippen LogP contribution in [-0.4, -0.2) is 32.4 Å². The summed E-state index contributed by atoms with van der Waals surface area (Å²) in [5.74, 6) is 0.0410. The monoisotopic (exact) mass is 546 g/mol. The molecule has 6 nitrogen and oxygen atoms in total. The van der Waals surface area contributed by atoms with E-state index in [1.165, 1.54) is 22.5 Å². The largest absolute Gasteiger partial charge is 0.482 e. The van der Waals surface area contributed by atoms with E-state index < -0.39 is 10.0 Å². The highest BCUT2D eigenvalue weighted by molar-refractivity contribution is 7.92. The van der Waals surface area contributed by atoms with Gasteiger partial charge >= 0.3 is 0 Å². The van der Waals surface area contributed by atoms with Crippen molar-refractivity contribution in [3.05, 3.63) is 125 Å². The quantitative estimate of drug-likeness (QED) is 0.270. The number of benzene rings is 4. The number of sulfonamides is 1. The third-order valence-electron chi connectivity index (χ3n) is 6.47. The summed E-state index contributed by atoms with van der Waals surface area (Å²) >= 11 is 6.43. The second-order valence-corrected chi connectivity index (χ2v) is 11.3. The van der Waals surface area contributed by atoms with Crippen LogP contribution in [0.2, 0.25) is 5.02 Å². The van der Waals surface area contributed by atoms with Crippen LogP contribution in [0.3, 0.4) is 0 Å². The number of halogens is 1. The van der Waals surface area contributed by atoms with Crippen LogP contribution in [0.5, 0.6) is 5.75 Å². The Morgan fingerprint density at radius 3 is 2.08 bits per heavy atom. The van der Waals surface area contributed by atoms with E-state index in [1.54, 1.807) is 11.0 Å². The van der Waals surface area contributed by atoms with Crippen molar-refractivity contribution in [2.75, 3.05) is 17.5 Å². The predicted molar refractivity (Wildman–Crippen MR) is 149 cm³/mol. The second kappa shape index (κ2) is 11.3. The number of nitrogens with zero attached hydrogens (tertiary/aromatic N) is 2. The molecular weight excluding hydrogens is 520 g/mol. The maximum atomic E-state index is 13.3. The van der Waals surface area contributed by atoms with E-state index in [4.69, 9.17) is 16.3 Å². The number of carbonyl (C=O) groups excluding carboxylic acids is 1. The standard InChI is InChI=1S/C30H27ClN2O4S/c31-27-19-26(38(35,36)33-18-17-25-13-7-8-14-28(25)33)15-16-29(27)37-22-30(34)32(20-23-9-3-1-4-10-23)21-24-11-5-2-6-12-24/h1-16,19H,17-18,20-22H2. The average Bonchev–Trinajstić information content (AvgIpc) is 3.38. The maximum absolute atomic E-state index is 13.3. The van der Waals surface area contributed by atoms with Crippen LogP contribution >= 0.6 is 11.6 Å². The minimum Gasteiger partial charge on any atom is -0.482 e. The SMILES string of the molecule is O=C(COc1ccc(S(=O)(=O)N2CCc3ccccc32)cc1Cl)N(Cc1ccccc1)Cc1ccccc1. The van der Waals surface area contributed by atoms with Crippen molar-refractivity contribution in [2.45, 2.75) is 24.4 Å². The molecule has 0 unspecified atom stereocenters. The molecule has 1 heterocycles. The van der Waals surface area contributed by atoms with Gasteiger partial charge in [0.2, 0.25) is 0 Å². The van der Waals surface area contributed by atoms with Crippen LogP contribution in [0.4, 0.5) is 5.69 Å². The summed E-state index contributed by atoms with van der Waals surface area (Å²) in [6.07, 6.45) is 0.662. The molecule has 4 aromatic carbocycles. The molecule has 0 saturated carbocycles. The van der Waals surface area contributed by atoms with Gasteiger partial charge in [-0.05, 0) is 47.4 Å². The normalized spacial score (nSPS) is 12.7. The van der Waals surface area contributed by atoms with E-state index in [-0.39, 0.29) is 28.2 Å².